The zero-order valence-corrected chi connectivity index (χ0v) is 8.95. The van der Waals surface area contributed by atoms with Gasteiger partial charge in [0.2, 0.25) is 0 Å². The number of H-pyrrole nitrogens is 1. The number of rotatable bonds is 1. The monoisotopic (exact) mass is 223 g/mol. The highest BCUT2D eigenvalue weighted by Crippen LogP contribution is 2.34. The Hall–Kier alpha value is -1.13. The van der Waals surface area contributed by atoms with Gasteiger partial charge in [0.15, 0.2) is 5.82 Å². The number of hydrogen-bond acceptors (Lipinski definition) is 3. The standard InChI is InChI=1S/C10H10ClN3O/c1-5-4-15-7(5)10-13-8(11)6-2-3-12-9(6)14-10/h2-3,5,7H,4H2,1H3,(H,12,13,14). The first-order chi connectivity index (χ1) is 7.25. The second-order valence-electron chi connectivity index (χ2n) is 3.84. The molecule has 1 saturated heterocycles. The molecule has 1 aliphatic rings. The molecule has 0 saturated carbocycles. The molecule has 2 atom stereocenters. The van der Waals surface area contributed by atoms with E-state index in [9.17, 15) is 0 Å². The van der Waals surface area contributed by atoms with Crippen LogP contribution in [0.5, 0.6) is 0 Å². The molecule has 0 aromatic carbocycles. The predicted molar refractivity (Wildman–Crippen MR) is 56.8 cm³/mol. The van der Waals surface area contributed by atoms with Gasteiger partial charge in [-0.15, -0.1) is 0 Å². The van der Waals surface area contributed by atoms with Gasteiger partial charge >= 0.3 is 0 Å². The minimum atomic E-state index is -0.00444. The van der Waals surface area contributed by atoms with Crippen molar-refractivity contribution < 1.29 is 4.74 Å². The van der Waals surface area contributed by atoms with Gasteiger partial charge in [-0.3, -0.25) is 0 Å². The van der Waals surface area contributed by atoms with Crippen molar-refractivity contribution in [3.05, 3.63) is 23.2 Å². The number of aromatic amines is 1. The number of nitrogens with zero attached hydrogens (tertiary/aromatic N) is 2. The van der Waals surface area contributed by atoms with Gasteiger partial charge in [-0.2, -0.15) is 0 Å². The van der Waals surface area contributed by atoms with Gasteiger partial charge in [-0.1, -0.05) is 18.5 Å². The fourth-order valence-corrected chi connectivity index (χ4v) is 2.00. The topological polar surface area (TPSA) is 50.8 Å². The van der Waals surface area contributed by atoms with E-state index in [0.29, 0.717) is 16.9 Å². The maximum Gasteiger partial charge on any atom is 0.161 e. The van der Waals surface area contributed by atoms with E-state index in [2.05, 4.69) is 21.9 Å². The Morgan fingerprint density at radius 1 is 1.53 bits per heavy atom. The lowest BCUT2D eigenvalue weighted by atomic mass is 10.00. The van der Waals surface area contributed by atoms with Crippen LogP contribution in [-0.4, -0.2) is 21.6 Å². The smallest absolute Gasteiger partial charge is 0.161 e. The first kappa shape index (κ1) is 9.12. The zero-order chi connectivity index (χ0) is 10.4. The van der Waals surface area contributed by atoms with Gasteiger partial charge in [-0.25, -0.2) is 9.97 Å². The molecule has 2 aromatic rings. The highest BCUT2D eigenvalue weighted by molar-refractivity contribution is 6.33. The molecule has 1 aliphatic heterocycles. The van der Waals surface area contributed by atoms with E-state index >= 15 is 0 Å². The van der Waals surface area contributed by atoms with E-state index in [-0.39, 0.29) is 6.10 Å². The molecule has 0 amide bonds. The summed E-state index contributed by atoms with van der Waals surface area (Å²) < 4.78 is 5.41. The molecular formula is C10H10ClN3O. The lowest BCUT2D eigenvalue weighted by molar-refractivity contribution is -0.114. The lowest BCUT2D eigenvalue weighted by Gasteiger charge is -2.32. The fraction of sp³-hybridized carbons (Fsp3) is 0.400. The van der Waals surface area contributed by atoms with Crippen molar-refractivity contribution >= 4 is 22.6 Å². The first-order valence-electron chi connectivity index (χ1n) is 4.88. The molecule has 1 N–H and O–H groups in total. The van der Waals surface area contributed by atoms with Gasteiger partial charge in [0, 0.05) is 12.1 Å². The largest absolute Gasteiger partial charge is 0.369 e. The Balaban J connectivity index is 2.11. The number of ether oxygens (including phenoxy) is 1. The summed E-state index contributed by atoms with van der Waals surface area (Å²) >= 11 is 6.05. The lowest BCUT2D eigenvalue weighted by Crippen LogP contribution is -2.31. The zero-order valence-electron chi connectivity index (χ0n) is 8.20. The third-order valence-corrected chi connectivity index (χ3v) is 2.98. The van der Waals surface area contributed by atoms with Crippen LogP contribution >= 0.6 is 11.6 Å². The molecule has 2 aromatic heterocycles. The van der Waals surface area contributed by atoms with E-state index in [1.165, 1.54) is 0 Å². The van der Waals surface area contributed by atoms with Gasteiger partial charge in [0.25, 0.3) is 0 Å². The summed E-state index contributed by atoms with van der Waals surface area (Å²) in [5, 5.41) is 1.34. The van der Waals surface area contributed by atoms with Crippen molar-refractivity contribution in [2.45, 2.75) is 13.0 Å². The minimum Gasteiger partial charge on any atom is -0.369 e. The van der Waals surface area contributed by atoms with Crippen molar-refractivity contribution in [2.24, 2.45) is 5.92 Å². The number of fused-ring (bicyclic) bond motifs is 1. The molecule has 2 unspecified atom stereocenters. The van der Waals surface area contributed by atoms with Crippen molar-refractivity contribution in [3.8, 4) is 0 Å². The normalized spacial score (nSPS) is 25.5. The van der Waals surface area contributed by atoms with Crippen LogP contribution in [0.25, 0.3) is 11.0 Å². The molecule has 1 fully saturated rings. The molecule has 5 heteroatoms. The molecule has 0 bridgehead atoms. The van der Waals surface area contributed by atoms with Crippen LogP contribution in [-0.2, 0) is 4.74 Å². The first-order valence-corrected chi connectivity index (χ1v) is 5.25. The van der Waals surface area contributed by atoms with Crippen LogP contribution < -0.4 is 0 Å². The number of nitrogens with one attached hydrogen (secondary N) is 1. The predicted octanol–water partition coefficient (Wildman–Crippen LogP) is 2.32. The van der Waals surface area contributed by atoms with E-state index in [4.69, 9.17) is 16.3 Å². The maximum absolute atomic E-state index is 6.05. The summed E-state index contributed by atoms with van der Waals surface area (Å²) in [5.41, 5.74) is 0.771. The van der Waals surface area contributed by atoms with Crippen molar-refractivity contribution in [3.63, 3.8) is 0 Å². The van der Waals surface area contributed by atoms with Crippen molar-refractivity contribution in [2.75, 3.05) is 6.61 Å². The second kappa shape index (κ2) is 3.18. The second-order valence-corrected chi connectivity index (χ2v) is 4.20. The Kier molecular flexibility index (Phi) is 1.94. The number of hydrogen-bond donors (Lipinski definition) is 1. The minimum absolute atomic E-state index is 0.00444. The Morgan fingerprint density at radius 2 is 2.40 bits per heavy atom. The SMILES string of the molecule is CC1COC1c1nc(Cl)c2cc[nH]c2n1. The Bertz CT molecular complexity index is 510. The average molecular weight is 224 g/mol. The summed E-state index contributed by atoms with van der Waals surface area (Å²) in [6.45, 7) is 2.89. The van der Waals surface area contributed by atoms with Gasteiger partial charge in [0.05, 0.1) is 12.0 Å². The van der Waals surface area contributed by atoms with Crippen LogP contribution in [0.4, 0.5) is 0 Å². The van der Waals surface area contributed by atoms with Crippen molar-refractivity contribution in [1.29, 1.82) is 0 Å². The van der Waals surface area contributed by atoms with Crippen LogP contribution in [0.2, 0.25) is 5.15 Å². The van der Waals surface area contributed by atoms with Gasteiger partial charge in [0.1, 0.15) is 16.9 Å². The Morgan fingerprint density at radius 3 is 3.07 bits per heavy atom. The molecule has 3 rings (SSSR count). The summed E-state index contributed by atoms with van der Waals surface area (Å²) in [5.74, 6) is 1.14. The van der Waals surface area contributed by atoms with Crippen LogP contribution in [0.3, 0.4) is 0 Å². The summed E-state index contributed by atoms with van der Waals surface area (Å²) in [6.07, 6.45) is 1.80. The molecule has 0 spiro atoms. The van der Waals surface area contributed by atoms with Crippen LogP contribution in [0.1, 0.15) is 18.9 Å². The molecule has 3 heterocycles. The number of aromatic nitrogens is 3. The summed E-state index contributed by atoms with van der Waals surface area (Å²) in [6, 6.07) is 1.87. The van der Waals surface area contributed by atoms with E-state index in [1.54, 1.807) is 6.20 Å². The van der Waals surface area contributed by atoms with E-state index in [0.717, 1.165) is 17.6 Å². The molecule has 0 aliphatic carbocycles. The third kappa shape index (κ3) is 1.33. The highest BCUT2D eigenvalue weighted by atomic mass is 35.5. The fourth-order valence-electron chi connectivity index (χ4n) is 1.76. The summed E-state index contributed by atoms with van der Waals surface area (Å²) in [7, 11) is 0. The van der Waals surface area contributed by atoms with Crippen LogP contribution in [0, 0.1) is 5.92 Å². The molecule has 78 valence electrons. The Labute approximate surface area is 91.6 Å². The van der Waals surface area contributed by atoms with E-state index in [1.807, 2.05) is 6.07 Å². The van der Waals surface area contributed by atoms with Gasteiger partial charge in [-0.05, 0) is 6.07 Å². The van der Waals surface area contributed by atoms with Crippen molar-refractivity contribution in [1.82, 2.24) is 15.0 Å². The van der Waals surface area contributed by atoms with Gasteiger partial charge < -0.3 is 9.72 Å². The highest BCUT2D eigenvalue weighted by Gasteiger charge is 2.32. The third-order valence-electron chi connectivity index (χ3n) is 2.70. The van der Waals surface area contributed by atoms with Crippen LogP contribution in [0.15, 0.2) is 12.3 Å². The quantitative estimate of drug-likeness (QED) is 0.755. The van der Waals surface area contributed by atoms with E-state index < -0.39 is 0 Å². The average Bonchev–Trinajstić information content (AvgIpc) is 2.64. The molecule has 0 radical (unpaired) electrons. The molecule has 15 heavy (non-hydrogen) atoms. The maximum atomic E-state index is 6.05. The number of halogens is 1. The molecular weight excluding hydrogens is 214 g/mol. The summed E-state index contributed by atoms with van der Waals surface area (Å²) in [4.78, 5) is 11.7. The molecule has 4 nitrogen and oxygen atoms in total.